The van der Waals surface area contributed by atoms with Crippen LogP contribution in [0, 0.1) is 11.3 Å². The molecule has 1 aromatic rings. The maximum Gasteiger partial charge on any atom is 0.417 e. The van der Waals surface area contributed by atoms with Crippen LogP contribution in [-0.2, 0) is 6.18 Å². The molecule has 0 unspecified atom stereocenters. The summed E-state index contributed by atoms with van der Waals surface area (Å²) in [6.45, 7) is 0. The van der Waals surface area contributed by atoms with Crippen LogP contribution in [0.3, 0.4) is 0 Å². The van der Waals surface area contributed by atoms with Crippen LogP contribution in [0.2, 0.25) is 0 Å². The molecule has 4 N–H and O–H groups in total. The molecular formula is C8H6F3N3. The highest BCUT2D eigenvalue weighted by molar-refractivity contribution is 5.68. The predicted octanol–water partition coefficient (Wildman–Crippen LogP) is 1.74. The highest BCUT2D eigenvalue weighted by Crippen LogP contribution is 2.34. The Morgan fingerprint density at radius 1 is 1.14 bits per heavy atom. The van der Waals surface area contributed by atoms with Crippen molar-refractivity contribution in [1.82, 2.24) is 0 Å². The smallest absolute Gasteiger partial charge is 0.397 e. The molecule has 0 aliphatic heterocycles. The monoisotopic (exact) mass is 201 g/mol. The van der Waals surface area contributed by atoms with Gasteiger partial charge in [-0.25, -0.2) is 0 Å². The zero-order valence-corrected chi connectivity index (χ0v) is 6.89. The fourth-order valence-corrected chi connectivity index (χ4v) is 0.960. The summed E-state index contributed by atoms with van der Waals surface area (Å²) in [5.74, 6) is 0. The van der Waals surface area contributed by atoms with Crippen molar-refractivity contribution in [3.63, 3.8) is 0 Å². The number of rotatable bonds is 0. The average molecular weight is 201 g/mol. The van der Waals surface area contributed by atoms with Crippen molar-refractivity contribution in [2.75, 3.05) is 11.5 Å². The third-order valence-electron chi connectivity index (χ3n) is 1.65. The van der Waals surface area contributed by atoms with E-state index < -0.39 is 17.3 Å². The van der Waals surface area contributed by atoms with Gasteiger partial charge in [-0.05, 0) is 12.1 Å². The lowest BCUT2D eigenvalue weighted by atomic mass is 10.1. The average Bonchev–Trinajstić information content (AvgIpc) is 2.07. The topological polar surface area (TPSA) is 75.8 Å². The van der Waals surface area contributed by atoms with E-state index in [2.05, 4.69) is 0 Å². The van der Waals surface area contributed by atoms with Crippen LogP contribution in [0.4, 0.5) is 24.5 Å². The van der Waals surface area contributed by atoms with Crippen LogP contribution >= 0.6 is 0 Å². The molecule has 0 aromatic heterocycles. The van der Waals surface area contributed by atoms with Gasteiger partial charge in [0.25, 0.3) is 0 Å². The standard InChI is InChI=1S/C8H6F3N3/c9-8(10,11)5-2-7(14)6(13)1-4(5)3-12/h1-2H,13-14H2. The fourth-order valence-electron chi connectivity index (χ4n) is 0.960. The van der Waals surface area contributed by atoms with Gasteiger partial charge in [0.2, 0.25) is 0 Å². The van der Waals surface area contributed by atoms with E-state index in [9.17, 15) is 13.2 Å². The molecule has 0 amide bonds. The minimum atomic E-state index is -4.59. The van der Waals surface area contributed by atoms with Crippen molar-refractivity contribution in [3.8, 4) is 6.07 Å². The van der Waals surface area contributed by atoms with Gasteiger partial charge in [0, 0.05) is 0 Å². The number of hydrogen-bond donors (Lipinski definition) is 2. The molecule has 1 aromatic carbocycles. The van der Waals surface area contributed by atoms with E-state index in [1.54, 1.807) is 0 Å². The SMILES string of the molecule is N#Cc1cc(N)c(N)cc1C(F)(F)F. The minimum absolute atomic E-state index is 0.0328. The van der Waals surface area contributed by atoms with Gasteiger partial charge in [-0.15, -0.1) is 0 Å². The van der Waals surface area contributed by atoms with Crippen molar-refractivity contribution in [1.29, 1.82) is 5.26 Å². The largest absolute Gasteiger partial charge is 0.417 e. The number of alkyl halides is 3. The second kappa shape index (κ2) is 3.10. The lowest BCUT2D eigenvalue weighted by Gasteiger charge is -2.10. The van der Waals surface area contributed by atoms with E-state index in [0.29, 0.717) is 6.07 Å². The maximum atomic E-state index is 12.3. The summed E-state index contributed by atoms with van der Waals surface area (Å²) in [5.41, 5.74) is 8.67. The number of benzene rings is 1. The van der Waals surface area contributed by atoms with E-state index in [4.69, 9.17) is 16.7 Å². The normalized spacial score (nSPS) is 11.0. The summed E-state index contributed by atoms with van der Waals surface area (Å²) < 4.78 is 36.9. The van der Waals surface area contributed by atoms with Crippen LogP contribution in [-0.4, -0.2) is 0 Å². The Kier molecular flexibility index (Phi) is 2.26. The second-order valence-corrected chi connectivity index (χ2v) is 2.64. The van der Waals surface area contributed by atoms with Crippen LogP contribution in [0.15, 0.2) is 12.1 Å². The third kappa shape index (κ3) is 1.71. The van der Waals surface area contributed by atoms with Crippen molar-refractivity contribution >= 4 is 11.4 Å². The molecule has 14 heavy (non-hydrogen) atoms. The Morgan fingerprint density at radius 2 is 1.64 bits per heavy atom. The summed E-state index contributed by atoms with van der Waals surface area (Å²) >= 11 is 0. The Morgan fingerprint density at radius 3 is 2.07 bits per heavy atom. The number of nitrogens with zero attached hydrogens (tertiary/aromatic N) is 1. The first-order valence-corrected chi connectivity index (χ1v) is 3.52. The molecule has 1 rings (SSSR count). The van der Waals surface area contributed by atoms with Gasteiger partial charge in [-0.3, -0.25) is 0 Å². The molecule has 74 valence electrons. The summed E-state index contributed by atoms with van der Waals surface area (Å²) in [7, 11) is 0. The molecule has 0 saturated carbocycles. The van der Waals surface area contributed by atoms with Gasteiger partial charge < -0.3 is 11.5 Å². The fraction of sp³-hybridized carbons (Fsp3) is 0.125. The molecule has 0 saturated heterocycles. The molecule has 0 atom stereocenters. The van der Waals surface area contributed by atoms with Gasteiger partial charge in [-0.2, -0.15) is 18.4 Å². The molecule has 3 nitrogen and oxygen atoms in total. The maximum absolute atomic E-state index is 12.3. The number of nitrogens with two attached hydrogens (primary N) is 2. The highest BCUT2D eigenvalue weighted by Gasteiger charge is 2.34. The second-order valence-electron chi connectivity index (χ2n) is 2.64. The van der Waals surface area contributed by atoms with E-state index in [-0.39, 0.29) is 11.4 Å². The molecular weight excluding hydrogens is 195 g/mol. The van der Waals surface area contributed by atoms with Gasteiger partial charge in [-0.1, -0.05) is 0 Å². The van der Waals surface area contributed by atoms with Crippen LogP contribution < -0.4 is 11.5 Å². The van der Waals surface area contributed by atoms with Crippen LogP contribution in [0.25, 0.3) is 0 Å². The van der Waals surface area contributed by atoms with Crippen molar-refractivity contribution in [3.05, 3.63) is 23.3 Å². The third-order valence-corrected chi connectivity index (χ3v) is 1.65. The first-order chi connectivity index (χ1) is 6.36. The first-order valence-electron chi connectivity index (χ1n) is 3.52. The van der Waals surface area contributed by atoms with Gasteiger partial charge in [0.05, 0.1) is 28.6 Å². The summed E-state index contributed by atoms with van der Waals surface area (Å²) in [4.78, 5) is 0. The Labute approximate surface area is 77.7 Å². The van der Waals surface area contributed by atoms with Gasteiger partial charge >= 0.3 is 6.18 Å². The summed E-state index contributed by atoms with van der Waals surface area (Å²) in [5, 5.41) is 8.45. The van der Waals surface area contributed by atoms with Crippen LogP contribution in [0.1, 0.15) is 11.1 Å². The minimum Gasteiger partial charge on any atom is -0.397 e. The Hall–Kier alpha value is -1.90. The number of nitriles is 1. The molecule has 0 heterocycles. The molecule has 0 aliphatic rings. The lowest BCUT2D eigenvalue weighted by molar-refractivity contribution is -0.137. The number of anilines is 2. The molecule has 0 aliphatic carbocycles. The number of hydrogen-bond acceptors (Lipinski definition) is 3. The molecule has 0 fully saturated rings. The van der Waals surface area contributed by atoms with Crippen molar-refractivity contribution in [2.45, 2.75) is 6.18 Å². The van der Waals surface area contributed by atoms with Crippen molar-refractivity contribution in [2.24, 2.45) is 0 Å². The number of halogens is 3. The zero-order chi connectivity index (χ0) is 10.9. The van der Waals surface area contributed by atoms with E-state index in [0.717, 1.165) is 6.07 Å². The molecule has 0 bridgehead atoms. The van der Waals surface area contributed by atoms with E-state index in [1.807, 2.05) is 0 Å². The first kappa shape index (κ1) is 10.2. The molecule has 0 radical (unpaired) electrons. The summed E-state index contributed by atoms with van der Waals surface area (Å²) in [6, 6.07) is 2.99. The molecule has 6 heteroatoms. The zero-order valence-electron chi connectivity index (χ0n) is 6.89. The van der Waals surface area contributed by atoms with E-state index in [1.165, 1.54) is 6.07 Å². The van der Waals surface area contributed by atoms with Gasteiger partial charge in [0.1, 0.15) is 0 Å². The Balaban J connectivity index is 3.45. The van der Waals surface area contributed by atoms with Crippen molar-refractivity contribution < 1.29 is 13.2 Å². The van der Waals surface area contributed by atoms with E-state index >= 15 is 0 Å². The highest BCUT2D eigenvalue weighted by atomic mass is 19.4. The summed E-state index contributed by atoms with van der Waals surface area (Å²) in [6.07, 6.45) is -4.59. The van der Waals surface area contributed by atoms with Gasteiger partial charge in [0.15, 0.2) is 0 Å². The molecule has 0 spiro atoms. The number of nitrogen functional groups attached to an aromatic ring is 2. The quantitative estimate of drug-likeness (QED) is 0.627. The lowest BCUT2D eigenvalue weighted by Crippen LogP contribution is -2.09. The Bertz CT molecular complexity index is 404. The van der Waals surface area contributed by atoms with Crippen LogP contribution in [0.5, 0.6) is 0 Å². The predicted molar refractivity (Wildman–Crippen MR) is 45.0 cm³/mol.